The lowest BCUT2D eigenvalue weighted by atomic mass is 10.1. The first-order valence-electron chi connectivity index (χ1n) is 11.5. The minimum Gasteiger partial charge on any atom is -0.460 e. The highest BCUT2D eigenvalue weighted by Gasteiger charge is 2.30. The molecule has 0 bridgehead atoms. The van der Waals surface area contributed by atoms with E-state index in [1.807, 2.05) is 19.1 Å². The standard InChI is InChI=1S/C26H33N3O5S/c1-19-8-14-22(15-9-19)35(32,33)29-23(17-24(30)34-26(2,3)4)25(31)28-16-6-5-7-20-10-12-21(18-27)13-11-20/h8-15,23,29H,5-7,16-17H2,1-4H3,(H,28,31)/t23-/m1/s1. The average Bonchev–Trinajstić information content (AvgIpc) is 2.77. The van der Waals surface area contributed by atoms with Crippen LogP contribution in [0, 0.1) is 18.3 Å². The predicted octanol–water partition coefficient (Wildman–Crippen LogP) is 3.38. The number of amides is 1. The van der Waals surface area contributed by atoms with Crippen LogP contribution in [0.4, 0.5) is 0 Å². The van der Waals surface area contributed by atoms with Crippen LogP contribution in [-0.4, -0.2) is 38.5 Å². The first kappa shape index (κ1) is 28.0. The van der Waals surface area contributed by atoms with Gasteiger partial charge in [0.15, 0.2) is 0 Å². The molecule has 8 nitrogen and oxygen atoms in total. The van der Waals surface area contributed by atoms with Gasteiger partial charge in [0.05, 0.1) is 22.9 Å². The molecule has 0 heterocycles. The van der Waals surface area contributed by atoms with E-state index in [2.05, 4.69) is 16.1 Å². The van der Waals surface area contributed by atoms with Gasteiger partial charge in [-0.1, -0.05) is 29.8 Å². The number of nitrogens with one attached hydrogen (secondary N) is 2. The van der Waals surface area contributed by atoms with Gasteiger partial charge in [-0.15, -0.1) is 0 Å². The Kier molecular flexibility index (Phi) is 9.99. The fourth-order valence-electron chi connectivity index (χ4n) is 3.25. The summed E-state index contributed by atoms with van der Waals surface area (Å²) < 4.78 is 33.3. The van der Waals surface area contributed by atoms with Crippen molar-refractivity contribution in [2.45, 2.75) is 69.9 Å². The fourth-order valence-corrected chi connectivity index (χ4v) is 4.44. The van der Waals surface area contributed by atoms with Gasteiger partial charge in [-0.3, -0.25) is 9.59 Å². The smallest absolute Gasteiger partial charge is 0.308 e. The molecular formula is C26H33N3O5S. The Morgan fingerprint density at radius 1 is 1.03 bits per heavy atom. The highest BCUT2D eigenvalue weighted by molar-refractivity contribution is 7.89. The second-order valence-corrected chi connectivity index (χ2v) is 11.0. The molecule has 2 aromatic rings. The van der Waals surface area contributed by atoms with Crippen molar-refractivity contribution in [2.24, 2.45) is 0 Å². The number of hydrogen-bond acceptors (Lipinski definition) is 6. The number of benzene rings is 2. The van der Waals surface area contributed by atoms with E-state index >= 15 is 0 Å². The number of nitrogens with zero attached hydrogens (tertiary/aromatic N) is 1. The SMILES string of the molecule is Cc1ccc(S(=O)(=O)N[C@H](CC(=O)OC(C)(C)C)C(=O)NCCCCc2ccc(C#N)cc2)cc1. The van der Waals surface area contributed by atoms with E-state index in [4.69, 9.17) is 10.00 Å². The molecule has 1 amide bonds. The molecule has 0 saturated heterocycles. The molecule has 0 aliphatic rings. The molecule has 0 saturated carbocycles. The van der Waals surface area contributed by atoms with Crippen molar-refractivity contribution in [2.75, 3.05) is 6.54 Å². The second-order valence-electron chi connectivity index (χ2n) is 9.33. The second kappa shape index (κ2) is 12.5. The third-order valence-electron chi connectivity index (χ3n) is 5.01. The summed E-state index contributed by atoms with van der Waals surface area (Å²) in [6, 6.07) is 14.3. The molecule has 0 unspecified atom stereocenters. The van der Waals surface area contributed by atoms with Gasteiger partial charge in [-0.05, 0) is 76.8 Å². The van der Waals surface area contributed by atoms with Crippen LogP contribution in [0.5, 0.6) is 0 Å². The van der Waals surface area contributed by atoms with Gasteiger partial charge in [0.25, 0.3) is 0 Å². The van der Waals surface area contributed by atoms with Gasteiger partial charge in [0.1, 0.15) is 11.6 Å². The summed E-state index contributed by atoms with van der Waals surface area (Å²) >= 11 is 0. The highest BCUT2D eigenvalue weighted by atomic mass is 32.2. The van der Waals surface area contributed by atoms with E-state index in [1.165, 1.54) is 12.1 Å². The topological polar surface area (TPSA) is 125 Å². The quantitative estimate of drug-likeness (QED) is 0.361. The Balaban J connectivity index is 1.98. The Hall–Kier alpha value is -3.22. The van der Waals surface area contributed by atoms with E-state index in [0.717, 1.165) is 24.0 Å². The molecule has 0 aliphatic carbocycles. The van der Waals surface area contributed by atoms with Gasteiger partial charge in [0, 0.05) is 6.54 Å². The van der Waals surface area contributed by atoms with Crippen molar-refractivity contribution in [3.63, 3.8) is 0 Å². The van der Waals surface area contributed by atoms with Crippen molar-refractivity contribution in [1.29, 1.82) is 5.26 Å². The van der Waals surface area contributed by atoms with Crippen LogP contribution in [0.15, 0.2) is 53.4 Å². The largest absolute Gasteiger partial charge is 0.460 e. The molecule has 9 heteroatoms. The van der Waals surface area contributed by atoms with E-state index in [9.17, 15) is 18.0 Å². The van der Waals surface area contributed by atoms with Crippen LogP contribution in [0.1, 0.15) is 56.7 Å². The number of esters is 1. The maximum atomic E-state index is 12.8. The highest BCUT2D eigenvalue weighted by Crippen LogP contribution is 2.14. The summed E-state index contributed by atoms with van der Waals surface area (Å²) in [6.07, 6.45) is 1.80. The van der Waals surface area contributed by atoms with Crippen molar-refractivity contribution in [3.05, 3.63) is 65.2 Å². The third kappa shape index (κ3) is 9.89. The number of carbonyl (C=O) groups is 2. The monoisotopic (exact) mass is 499 g/mol. The average molecular weight is 500 g/mol. The number of rotatable bonds is 11. The van der Waals surface area contributed by atoms with Gasteiger partial charge < -0.3 is 10.1 Å². The van der Waals surface area contributed by atoms with Crippen LogP contribution in [-0.2, 0) is 30.8 Å². The number of sulfonamides is 1. The van der Waals surface area contributed by atoms with Crippen LogP contribution < -0.4 is 10.0 Å². The number of aryl methyl sites for hydroxylation is 2. The number of carbonyl (C=O) groups excluding carboxylic acids is 2. The number of hydrogen-bond donors (Lipinski definition) is 2. The molecule has 0 spiro atoms. The number of ether oxygens (including phenoxy) is 1. The first-order chi connectivity index (χ1) is 16.4. The molecule has 0 aliphatic heterocycles. The van der Waals surface area contributed by atoms with Crippen molar-refractivity contribution in [1.82, 2.24) is 10.0 Å². The Morgan fingerprint density at radius 3 is 2.23 bits per heavy atom. The molecular weight excluding hydrogens is 466 g/mol. The normalized spacial score (nSPS) is 12.4. The minimum atomic E-state index is -4.03. The Morgan fingerprint density at radius 2 is 1.66 bits per heavy atom. The molecule has 0 aromatic heterocycles. The van der Waals surface area contributed by atoms with Gasteiger partial charge in [-0.25, -0.2) is 8.42 Å². The zero-order valence-corrected chi connectivity index (χ0v) is 21.4. The fraction of sp³-hybridized carbons (Fsp3) is 0.423. The number of unbranched alkanes of at least 4 members (excludes halogenated alkanes) is 1. The summed E-state index contributed by atoms with van der Waals surface area (Å²) in [5.74, 6) is -1.27. The van der Waals surface area contributed by atoms with Crippen molar-refractivity contribution in [3.8, 4) is 6.07 Å². The lowest BCUT2D eigenvalue weighted by molar-refractivity contribution is -0.156. The van der Waals surface area contributed by atoms with Gasteiger partial charge >= 0.3 is 5.97 Å². The van der Waals surface area contributed by atoms with E-state index in [0.29, 0.717) is 18.5 Å². The van der Waals surface area contributed by atoms with E-state index in [-0.39, 0.29) is 4.90 Å². The molecule has 2 aromatic carbocycles. The summed E-state index contributed by atoms with van der Waals surface area (Å²) in [5, 5.41) is 11.6. The van der Waals surface area contributed by atoms with Crippen LogP contribution in [0.3, 0.4) is 0 Å². The lowest BCUT2D eigenvalue weighted by Gasteiger charge is -2.22. The third-order valence-corrected chi connectivity index (χ3v) is 6.50. The molecule has 0 radical (unpaired) electrons. The molecule has 35 heavy (non-hydrogen) atoms. The van der Waals surface area contributed by atoms with Crippen molar-refractivity contribution < 1.29 is 22.7 Å². The molecule has 2 rings (SSSR count). The zero-order valence-electron chi connectivity index (χ0n) is 20.6. The molecule has 0 fully saturated rings. The minimum absolute atomic E-state index is 0.00695. The lowest BCUT2D eigenvalue weighted by Crippen LogP contribution is -2.48. The van der Waals surface area contributed by atoms with E-state index < -0.39 is 40.0 Å². The predicted molar refractivity (Wildman–Crippen MR) is 133 cm³/mol. The van der Waals surface area contributed by atoms with Crippen LogP contribution in [0.25, 0.3) is 0 Å². The van der Waals surface area contributed by atoms with Gasteiger partial charge in [-0.2, -0.15) is 9.98 Å². The molecule has 2 N–H and O–H groups in total. The van der Waals surface area contributed by atoms with Crippen LogP contribution >= 0.6 is 0 Å². The first-order valence-corrected chi connectivity index (χ1v) is 13.0. The number of nitriles is 1. The summed E-state index contributed by atoms with van der Waals surface area (Å²) in [7, 11) is -4.03. The van der Waals surface area contributed by atoms with Crippen LogP contribution in [0.2, 0.25) is 0 Å². The summed E-state index contributed by atoms with van der Waals surface area (Å²) in [5.41, 5.74) is 1.82. The van der Waals surface area contributed by atoms with Crippen molar-refractivity contribution >= 4 is 21.9 Å². The molecule has 188 valence electrons. The maximum absolute atomic E-state index is 12.8. The molecule has 1 atom stereocenters. The zero-order chi connectivity index (χ0) is 26.1. The summed E-state index contributed by atoms with van der Waals surface area (Å²) in [6.45, 7) is 7.26. The Labute approximate surface area is 207 Å². The Bertz CT molecular complexity index is 1150. The van der Waals surface area contributed by atoms with Gasteiger partial charge in [0.2, 0.25) is 15.9 Å². The maximum Gasteiger partial charge on any atom is 0.308 e. The summed E-state index contributed by atoms with van der Waals surface area (Å²) in [4.78, 5) is 25.2. The van der Waals surface area contributed by atoms with E-state index in [1.54, 1.807) is 45.0 Å².